The molecule has 0 spiro atoms. The van der Waals surface area contributed by atoms with Crippen LogP contribution in [-0.4, -0.2) is 30.9 Å². The molecule has 108 valence electrons. The maximum Gasteiger partial charge on any atom is 0.120 e. The summed E-state index contributed by atoms with van der Waals surface area (Å²) in [6, 6.07) is 11.4. The largest absolute Gasteiger partial charge is 0.491 e. The second-order valence-corrected chi connectivity index (χ2v) is 5.37. The van der Waals surface area contributed by atoms with Gasteiger partial charge < -0.3 is 19.6 Å². The summed E-state index contributed by atoms with van der Waals surface area (Å²) in [4.78, 5) is 0. The first-order chi connectivity index (χ1) is 9.74. The third kappa shape index (κ3) is 5.36. The van der Waals surface area contributed by atoms with Gasteiger partial charge in [-0.25, -0.2) is 0 Å². The fourth-order valence-corrected chi connectivity index (χ4v) is 2.12. The van der Waals surface area contributed by atoms with Crippen molar-refractivity contribution in [3.8, 4) is 5.75 Å². The summed E-state index contributed by atoms with van der Waals surface area (Å²) in [6.07, 6.45) is 1.94. The van der Waals surface area contributed by atoms with E-state index in [2.05, 4.69) is 21.2 Å². The second-order valence-electron chi connectivity index (χ2n) is 4.46. The van der Waals surface area contributed by atoms with Gasteiger partial charge in [-0.1, -0.05) is 22.0 Å². The maximum atomic E-state index is 9.81. The Bertz CT molecular complexity index is 502. The Balaban J connectivity index is 1.59. The van der Waals surface area contributed by atoms with Crippen LogP contribution in [0.1, 0.15) is 5.76 Å². The first-order valence-corrected chi connectivity index (χ1v) is 7.33. The monoisotopic (exact) mass is 339 g/mol. The van der Waals surface area contributed by atoms with Crippen molar-refractivity contribution in [3.05, 3.63) is 52.9 Å². The average Bonchev–Trinajstić information content (AvgIpc) is 2.95. The zero-order chi connectivity index (χ0) is 14.2. The van der Waals surface area contributed by atoms with Gasteiger partial charge in [-0.3, -0.25) is 0 Å². The van der Waals surface area contributed by atoms with Gasteiger partial charge in [0.25, 0.3) is 0 Å². The van der Waals surface area contributed by atoms with Crippen molar-refractivity contribution >= 4 is 15.9 Å². The standard InChI is InChI=1S/C15H18BrNO3/c16-12-3-1-4-15(9-12)20-11-13(18)10-17-7-6-14-5-2-8-19-14/h1-5,8-9,13,17-18H,6-7,10-11H2. The van der Waals surface area contributed by atoms with E-state index in [1.54, 1.807) is 6.26 Å². The predicted octanol–water partition coefficient (Wildman–Crippen LogP) is 2.61. The van der Waals surface area contributed by atoms with E-state index in [1.807, 2.05) is 36.4 Å². The van der Waals surface area contributed by atoms with E-state index in [0.29, 0.717) is 6.54 Å². The Hall–Kier alpha value is -1.30. The maximum absolute atomic E-state index is 9.81. The molecule has 20 heavy (non-hydrogen) atoms. The van der Waals surface area contributed by atoms with Crippen LogP contribution in [0.3, 0.4) is 0 Å². The molecular formula is C15H18BrNO3. The number of furan rings is 1. The second kappa shape index (κ2) is 8.09. The molecule has 0 saturated carbocycles. The zero-order valence-corrected chi connectivity index (χ0v) is 12.7. The summed E-state index contributed by atoms with van der Waals surface area (Å²) in [5, 5.41) is 13.0. The fourth-order valence-electron chi connectivity index (χ4n) is 1.74. The number of hydrogen-bond donors (Lipinski definition) is 2. The lowest BCUT2D eigenvalue weighted by molar-refractivity contribution is 0.106. The Morgan fingerprint density at radius 1 is 1.30 bits per heavy atom. The molecule has 1 aromatic heterocycles. The van der Waals surface area contributed by atoms with Crippen molar-refractivity contribution in [1.82, 2.24) is 5.32 Å². The molecule has 4 nitrogen and oxygen atoms in total. The Kier molecular flexibility index (Phi) is 6.11. The van der Waals surface area contributed by atoms with Gasteiger partial charge in [0.15, 0.2) is 0 Å². The minimum atomic E-state index is -0.536. The van der Waals surface area contributed by atoms with Gasteiger partial charge in [0.05, 0.1) is 6.26 Å². The minimum Gasteiger partial charge on any atom is -0.491 e. The van der Waals surface area contributed by atoms with Crippen LogP contribution < -0.4 is 10.1 Å². The molecule has 0 radical (unpaired) electrons. The molecule has 2 rings (SSSR count). The van der Waals surface area contributed by atoms with Gasteiger partial charge >= 0.3 is 0 Å². The highest BCUT2D eigenvalue weighted by atomic mass is 79.9. The van der Waals surface area contributed by atoms with Crippen molar-refractivity contribution in [3.63, 3.8) is 0 Å². The van der Waals surface area contributed by atoms with Crippen LogP contribution in [0.15, 0.2) is 51.6 Å². The van der Waals surface area contributed by atoms with E-state index < -0.39 is 6.10 Å². The summed E-state index contributed by atoms with van der Waals surface area (Å²) in [5.74, 6) is 1.69. The normalized spacial score (nSPS) is 12.3. The van der Waals surface area contributed by atoms with E-state index in [4.69, 9.17) is 9.15 Å². The molecule has 0 saturated heterocycles. The number of benzene rings is 1. The lowest BCUT2D eigenvalue weighted by Gasteiger charge is -2.13. The Morgan fingerprint density at radius 2 is 2.20 bits per heavy atom. The van der Waals surface area contributed by atoms with Crippen molar-refractivity contribution in [2.75, 3.05) is 19.7 Å². The van der Waals surface area contributed by atoms with Gasteiger partial charge in [-0.05, 0) is 30.3 Å². The highest BCUT2D eigenvalue weighted by Gasteiger charge is 2.05. The number of hydrogen-bond acceptors (Lipinski definition) is 4. The number of aliphatic hydroxyl groups excluding tert-OH is 1. The summed E-state index contributed by atoms with van der Waals surface area (Å²) >= 11 is 3.38. The highest BCUT2D eigenvalue weighted by molar-refractivity contribution is 9.10. The van der Waals surface area contributed by atoms with Crippen LogP contribution in [0.2, 0.25) is 0 Å². The smallest absolute Gasteiger partial charge is 0.120 e. The number of nitrogens with one attached hydrogen (secondary N) is 1. The molecule has 0 bridgehead atoms. The molecule has 0 aliphatic carbocycles. The van der Waals surface area contributed by atoms with Crippen molar-refractivity contribution < 1.29 is 14.3 Å². The van der Waals surface area contributed by atoms with Gasteiger partial charge in [0.2, 0.25) is 0 Å². The molecule has 0 aliphatic rings. The lowest BCUT2D eigenvalue weighted by atomic mass is 10.3. The molecule has 2 aromatic rings. The molecular weight excluding hydrogens is 322 g/mol. The quantitative estimate of drug-likeness (QED) is 0.726. The Labute approximate surface area is 126 Å². The molecule has 1 aromatic carbocycles. The third-order valence-electron chi connectivity index (χ3n) is 2.75. The number of ether oxygens (including phenoxy) is 1. The molecule has 1 atom stereocenters. The summed E-state index contributed by atoms with van der Waals surface area (Å²) in [6.45, 7) is 1.53. The number of halogens is 1. The lowest BCUT2D eigenvalue weighted by Crippen LogP contribution is -2.32. The molecule has 0 aliphatic heterocycles. The van der Waals surface area contributed by atoms with Crippen LogP contribution in [0, 0.1) is 0 Å². The topological polar surface area (TPSA) is 54.6 Å². The van der Waals surface area contributed by atoms with Gasteiger partial charge in [-0.2, -0.15) is 0 Å². The number of aliphatic hydroxyl groups is 1. The SMILES string of the molecule is OC(CNCCc1ccco1)COc1cccc(Br)c1. The molecule has 0 amide bonds. The minimum absolute atomic E-state index is 0.268. The van der Waals surface area contributed by atoms with E-state index in [9.17, 15) is 5.11 Å². The summed E-state index contributed by atoms with van der Waals surface area (Å²) in [7, 11) is 0. The highest BCUT2D eigenvalue weighted by Crippen LogP contribution is 2.17. The molecule has 1 heterocycles. The van der Waals surface area contributed by atoms with Crippen LogP contribution in [0.5, 0.6) is 5.75 Å². The van der Waals surface area contributed by atoms with E-state index in [-0.39, 0.29) is 6.61 Å². The van der Waals surface area contributed by atoms with Gasteiger partial charge in [0.1, 0.15) is 24.2 Å². The molecule has 5 heteroatoms. The van der Waals surface area contributed by atoms with Gasteiger partial charge in [0, 0.05) is 24.0 Å². The van der Waals surface area contributed by atoms with Crippen molar-refractivity contribution in [2.45, 2.75) is 12.5 Å². The summed E-state index contributed by atoms with van der Waals surface area (Å²) < 4.78 is 11.7. The summed E-state index contributed by atoms with van der Waals surface area (Å²) in [5.41, 5.74) is 0. The van der Waals surface area contributed by atoms with Crippen molar-refractivity contribution in [1.29, 1.82) is 0 Å². The predicted molar refractivity (Wildman–Crippen MR) is 80.9 cm³/mol. The first kappa shape index (κ1) is 15.1. The van der Waals surface area contributed by atoms with E-state index in [1.165, 1.54) is 0 Å². The average molecular weight is 340 g/mol. The van der Waals surface area contributed by atoms with Crippen molar-refractivity contribution in [2.24, 2.45) is 0 Å². The molecule has 2 N–H and O–H groups in total. The van der Waals surface area contributed by atoms with Crippen LogP contribution in [0.25, 0.3) is 0 Å². The number of rotatable bonds is 8. The van der Waals surface area contributed by atoms with Crippen LogP contribution >= 0.6 is 15.9 Å². The fraction of sp³-hybridized carbons (Fsp3) is 0.333. The third-order valence-corrected chi connectivity index (χ3v) is 3.24. The van der Waals surface area contributed by atoms with E-state index >= 15 is 0 Å². The van der Waals surface area contributed by atoms with Gasteiger partial charge in [-0.15, -0.1) is 0 Å². The molecule has 0 fully saturated rings. The van der Waals surface area contributed by atoms with Crippen LogP contribution in [-0.2, 0) is 6.42 Å². The van der Waals surface area contributed by atoms with Crippen LogP contribution in [0.4, 0.5) is 0 Å². The Morgan fingerprint density at radius 3 is 2.95 bits per heavy atom. The zero-order valence-electron chi connectivity index (χ0n) is 11.1. The van der Waals surface area contributed by atoms with E-state index in [0.717, 1.165) is 28.9 Å². The first-order valence-electron chi connectivity index (χ1n) is 6.53. The molecule has 1 unspecified atom stereocenters.